The molecule has 6 aromatic rings. The summed E-state index contributed by atoms with van der Waals surface area (Å²) >= 11 is 6.62. The number of aryl methyl sites for hydroxylation is 1. The van der Waals surface area contributed by atoms with Crippen molar-refractivity contribution in [1.82, 2.24) is 24.9 Å². The molecular weight excluding hydrogens is 488 g/mol. The van der Waals surface area contributed by atoms with E-state index in [1.54, 1.807) is 12.4 Å². The van der Waals surface area contributed by atoms with Gasteiger partial charge in [0.25, 0.3) is 5.56 Å². The molecule has 0 aliphatic heterocycles. The van der Waals surface area contributed by atoms with Gasteiger partial charge in [-0.2, -0.15) is 0 Å². The van der Waals surface area contributed by atoms with E-state index in [-0.39, 0.29) is 11.6 Å². The highest BCUT2D eigenvalue weighted by Gasteiger charge is 2.20. The maximum atomic E-state index is 12.6. The number of pyridine rings is 3. The summed E-state index contributed by atoms with van der Waals surface area (Å²) < 4.78 is 5.92. The van der Waals surface area contributed by atoms with Crippen molar-refractivity contribution in [2.24, 2.45) is 0 Å². The third-order valence-corrected chi connectivity index (χ3v) is 6.37. The number of nitrogens with one attached hydrogen (secondary N) is 2. The molecule has 8 nitrogen and oxygen atoms in total. The number of aromatic amines is 1. The average molecular weight is 509 g/mol. The zero-order valence-corrected chi connectivity index (χ0v) is 20.7. The van der Waals surface area contributed by atoms with Crippen LogP contribution in [0.15, 0.2) is 82.3 Å². The Morgan fingerprint density at radius 2 is 1.81 bits per heavy atom. The van der Waals surface area contributed by atoms with Crippen molar-refractivity contribution in [3.05, 3.63) is 99.9 Å². The van der Waals surface area contributed by atoms with Crippen molar-refractivity contribution in [1.29, 1.82) is 0 Å². The number of hydrogen-bond donors (Lipinski definition) is 2. The first-order chi connectivity index (χ1) is 18.0. The van der Waals surface area contributed by atoms with Crippen LogP contribution < -0.4 is 10.9 Å². The number of benzene rings is 1. The molecule has 2 N–H and O–H groups in total. The molecule has 0 spiro atoms. The molecule has 37 heavy (non-hydrogen) atoms. The lowest BCUT2D eigenvalue weighted by atomic mass is 10.0. The fourth-order valence-electron chi connectivity index (χ4n) is 4.33. The van der Waals surface area contributed by atoms with Gasteiger partial charge in [-0.1, -0.05) is 23.7 Å². The van der Waals surface area contributed by atoms with Crippen LogP contribution in [0, 0.1) is 6.92 Å². The van der Waals surface area contributed by atoms with Crippen LogP contribution in [0.1, 0.15) is 24.4 Å². The Balaban J connectivity index is 1.59. The molecule has 9 heteroatoms. The zero-order chi connectivity index (χ0) is 25.5. The highest BCUT2D eigenvalue weighted by atomic mass is 35.5. The lowest BCUT2D eigenvalue weighted by Crippen LogP contribution is -2.14. The molecule has 1 unspecified atom stereocenters. The van der Waals surface area contributed by atoms with Crippen LogP contribution in [-0.4, -0.2) is 24.9 Å². The third kappa shape index (κ3) is 4.32. The fourth-order valence-corrected chi connectivity index (χ4v) is 4.61. The van der Waals surface area contributed by atoms with E-state index in [2.05, 4.69) is 20.3 Å². The normalized spacial score (nSPS) is 12.2. The van der Waals surface area contributed by atoms with Crippen molar-refractivity contribution in [2.45, 2.75) is 19.9 Å². The van der Waals surface area contributed by atoms with Gasteiger partial charge in [-0.15, -0.1) is 0 Å². The van der Waals surface area contributed by atoms with Gasteiger partial charge >= 0.3 is 0 Å². The van der Waals surface area contributed by atoms with Gasteiger partial charge in [-0.3, -0.25) is 14.8 Å². The van der Waals surface area contributed by atoms with E-state index in [0.29, 0.717) is 44.5 Å². The summed E-state index contributed by atoms with van der Waals surface area (Å²) in [5.74, 6) is 1.27. The molecule has 5 aromatic heterocycles. The molecule has 0 fully saturated rings. The average Bonchev–Trinajstić information content (AvgIpc) is 3.34. The molecule has 0 saturated heterocycles. The predicted octanol–water partition coefficient (Wildman–Crippen LogP) is 6.32. The number of rotatable bonds is 5. The van der Waals surface area contributed by atoms with Crippen molar-refractivity contribution >= 4 is 39.4 Å². The van der Waals surface area contributed by atoms with Gasteiger partial charge in [0.2, 0.25) is 0 Å². The van der Waals surface area contributed by atoms with Crippen LogP contribution in [0.25, 0.3) is 44.8 Å². The van der Waals surface area contributed by atoms with Crippen LogP contribution in [0.4, 0.5) is 5.69 Å². The van der Waals surface area contributed by atoms with Gasteiger partial charge in [-0.25, -0.2) is 9.97 Å². The summed E-state index contributed by atoms with van der Waals surface area (Å²) in [6, 6.07) is 18.3. The first kappa shape index (κ1) is 22.9. The second-order valence-corrected chi connectivity index (χ2v) is 9.14. The van der Waals surface area contributed by atoms with Gasteiger partial charge in [-0.05, 0) is 56.3 Å². The molecular formula is C28H21ClN6O2. The van der Waals surface area contributed by atoms with Crippen molar-refractivity contribution in [3.8, 4) is 22.7 Å². The molecule has 5 heterocycles. The summed E-state index contributed by atoms with van der Waals surface area (Å²) in [6.45, 7) is 3.83. The van der Waals surface area contributed by atoms with Gasteiger partial charge in [0.1, 0.15) is 22.7 Å². The fraction of sp³-hybridized carbons (Fsp3) is 0.107. The summed E-state index contributed by atoms with van der Waals surface area (Å²) in [6.07, 6.45) is 3.44. The van der Waals surface area contributed by atoms with E-state index in [0.717, 1.165) is 22.4 Å². The standard InChI is InChI=1S/C28H21ClN6O2/c1-15-8-9-22(37-15)27-25(18-12-17-6-5-11-31-24(17)19(29)13-18)34-26-21(14-23(36)33-28(26)35-27)32-16(2)20-7-3-4-10-30-20/h3-14,16H,1-2H3,(H2,32,33,35,36). The van der Waals surface area contributed by atoms with E-state index in [9.17, 15) is 4.79 Å². The van der Waals surface area contributed by atoms with E-state index < -0.39 is 0 Å². The SMILES string of the molecule is Cc1ccc(-c2nc3[nH]c(=O)cc(NC(C)c4ccccn4)c3nc2-c2cc(Cl)c3ncccc3c2)o1. The van der Waals surface area contributed by atoms with Crippen LogP contribution in [-0.2, 0) is 0 Å². The number of fused-ring (bicyclic) bond motifs is 2. The number of aromatic nitrogens is 5. The largest absolute Gasteiger partial charge is 0.460 e. The summed E-state index contributed by atoms with van der Waals surface area (Å²) in [5.41, 5.74) is 4.43. The Hall–Kier alpha value is -4.56. The number of halogens is 1. The molecule has 0 aliphatic carbocycles. The van der Waals surface area contributed by atoms with Crippen molar-refractivity contribution in [2.75, 3.05) is 5.32 Å². The van der Waals surface area contributed by atoms with Crippen LogP contribution in [0.5, 0.6) is 0 Å². The van der Waals surface area contributed by atoms with E-state index >= 15 is 0 Å². The molecule has 1 atom stereocenters. The molecule has 0 radical (unpaired) electrons. The Labute approximate surface area is 216 Å². The van der Waals surface area contributed by atoms with Gasteiger partial charge < -0.3 is 14.7 Å². The second-order valence-electron chi connectivity index (χ2n) is 8.73. The van der Waals surface area contributed by atoms with Gasteiger partial charge in [0.15, 0.2) is 11.4 Å². The molecule has 0 saturated carbocycles. The first-order valence-corrected chi connectivity index (χ1v) is 12.1. The molecule has 0 bridgehead atoms. The minimum absolute atomic E-state index is 0.176. The Morgan fingerprint density at radius 1 is 0.946 bits per heavy atom. The third-order valence-electron chi connectivity index (χ3n) is 6.08. The minimum atomic E-state index is -0.299. The lowest BCUT2D eigenvalue weighted by Gasteiger charge is -2.17. The number of H-pyrrole nitrogens is 1. The van der Waals surface area contributed by atoms with E-state index in [1.807, 2.05) is 68.4 Å². The van der Waals surface area contributed by atoms with Gasteiger partial charge in [0, 0.05) is 29.4 Å². The zero-order valence-electron chi connectivity index (χ0n) is 20.0. The van der Waals surface area contributed by atoms with Crippen LogP contribution in [0.3, 0.4) is 0 Å². The maximum absolute atomic E-state index is 12.6. The first-order valence-electron chi connectivity index (χ1n) is 11.7. The summed E-state index contributed by atoms with van der Waals surface area (Å²) in [4.78, 5) is 34.1. The second kappa shape index (κ2) is 9.15. The number of hydrogen-bond acceptors (Lipinski definition) is 7. The lowest BCUT2D eigenvalue weighted by molar-refractivity contribution is 0.546. The maximum Gasteiger partial charge on any atom is 0.251 e. The topological polar surface area (TPSA) is 110 Å². The minimum Gasteiger partial charge on any atom is -0.460 e. The van der Waals surface area contributed by atoms with Gasteiger partial charge in [0.05, 0.1) is 28.0 Å². The molecule has 1 aromatic carbocycles. The molecule has 0 aliphatic rings. The smallest absolute Gasteiger partial charge is 0.251 e. The summed E-state index contributed by atoms with van der Waals surface area (Å²) in [7, 11) is 0. The number of nitrogens with zero attached hydrogens (tertiary/aromatic N) is 4. The molecule has 0 amide bonds. The number of furan rings is 1. The Morgan fingerprint density at radius 3 is 2.59 bits per heavy atom. The van der Waals surface area contributed by atoms with Crippen LogP contribution >= 0.6 is 11.6 Å². The molecule has 182 valence electrons. The Kier molecular flexibility index (Phi) is 5.65. The quantitative estimate of drug-likeness (QED) is 0.280. The Bertz CT molecular complexity index is 1830. The van der Waals surface area contributed by atoms with E-state index in [4.69, 9.17) is 26.0 Å². The van der Waals surface area contributed by atoms with Crippen molar-refractivity contribution in [3.63, 3.8) is 0 Å². The van der Waals surface area contributed by atoms with Crippen LogP contribution in [0.2, 0.25) is 5.02 Å². The number of anilines is 1. The van der Waals surface area contributed by atoms with E-state index in [1.165, 1.54) is 6.07 Å². The summed E-state index contributed by atoms with van der Waals surface area (Å²) in [5, 5.41) is 4.75. The highest BCUT2D eigenvalue weighted by molar-refractivity contribution is 6.35. The molecule has 6 rings (SSSR count). The highest BCUT2D eigenvalue weighted by Crippen LogP contribution is 2.36. The monoisotopic (exact) mass is 508 g/mol. The van der Waals surface area contributed by atoms with Crippen molar-refractivity contribution < 1.29 is 4.42 Å². The predicted molar refractivity (Wildman–Crippen MR) is 145 cm³/mol.